The van der Waals surface area contributed by atoms with Crippen LogP contribution in [0.2, 0.25) is 0 Å². The molecule has 0 heterocycles. The summed E-state index contributed by atoms with van der Waals surface area (Å²) in [7, 11) is -3.09. The minimum absolute atomic E-state index is 0.0720. The summed E-state index contributed by atoms with van der Waals surface area (Å²) in [5.74, 6) is -1.47. The van der Waals surface area contributed by atoms with E-state index in [0.717, 1.165) is 6.07 Å². The highest BCUT2D eigenvalue weighted by Crippen LogP contribution is 2.31. The van der Waals surface area contributed by atoms with Crippen LogP contribution in [0.15, 0.2) is 17.0 Å². The van der Waals surface area contributed by atoms with Crippen LogP contribution in [0.4, 0.5) is 5.69 Å². The summed E-state index contributed by atoms with van der Waals surface area (Å²) in [6, 6.07) is 2.48. The number of hydrogen-bond donors (Lipinski definition) is 2. The molecule has 8 heteroatoms. The van der Waals surface area contributed by atoms with Gasteiger partial charge in [0.1, 0.15) is 16.4 Å². The van der Waals surface area contributed by atoms with Crippen LogP contribution in [0.5, 0.6) is 5.75 Å². The van der Waals surface area contributed by atoms with Crippen LogP contribution in [-0.4, -0.2) is 31.8 Å². The van der Waals surface area contributed by atoms with Crippen LogP contribution < -0.4 is 10.1 Å². The minimum Gasteiger partial charge on any atom is -0.495 e. The molecule has 0 aromatic heterocycles. The highest BCUT2D eigenvalue weighted by atomic mass is 32.2. The van der Waals surface area contributed by atoms with E-state index < -0.39 is 21.9 Å². The summed E-state index contributed by atoms with van der Waals surface area (Å²) < 4.78 is 36.7. The van der Waals surface area contributed by atoms with Crippen molar-refractivity contribution >= 4 is 27.5 Å². The van der Waals surface area contributed by atoms with E-state index in [-0.39, 0.29) is 34.1 Å². The number of anilines is 1. The van der Waals surface area contributed by atoms with E-state index in [2.05, 4.69) is 5.32 Å². The summed E-state index contributed by atoms with van der Waals surface area (Å²) in [5.41, 5.74) is 0.473. The van der Waals surface area contributed by atoms with Crippen LogP contribution >= 0.6 is 0 Å². The number of methoxy groups -OCH3 is 1. The molecule has 1 aromatic carbocycles. The van der Waals surface area contributed by atoms with Crippen LogP contribution in [0.3, 0.4) is 0 Å². The normalized spacial score (nSPS) is 12.6. The van der Waals surface area contributed by atoms with E-state index in [1.54, 1.807) is 6.92 Å². The molecule has 1 rings (SSSR count). The molecular weight excluding hydrogens is 310 g/mol. The maximum Gasteiger partial charge on any atom is 0.294 e. The van der Waals surface area contributed by atoms with Gasteiger partial charge in [0.05, 0.1) is 18.7 Å². The van der Waals surface area contributed by atoms with Gasteiger partial charge >= 0.3 is 0 Å². The van der Waals surface area contributed by atoms with E-state index in [0.29, 0.717) is 0 Å². The second-order valence-electron chi connectivity index (χ2n) is 4.82. The van der Waals surface area contributed by atoms with Crippen LogP contribution in [0.25, 0.3) is 0 Å². The van der Waals surface area contributed by atoms with Gasteiger partial charge in [-0.2, -0.15) is 8.42 Å². The average Bonchev–Trinajstić information content (AvgIpc) is 2.44. The molecule has 1 amide bonds. The van der Waals surface area contributed by atoms with Crippen molar-refractivity contribution in [2.75, 3.05) is 12.4 Å². The standard InChI is InChI=1S/C14H19NO6S/c1-5-11(16)9(3)14(17)15-10-6-8(2)13(22(18,19)20)7-12(10)21-4/h6-7,9H,5H2,1-4H3,(H,15,17)(H,18,19,20). The summed E-state index contributed by atoms with van der Waals surface area (Å²) in [4.78, 5) is 23.3. The number of carbonyl (C=O) groups is 2. The van der Waals surface area contributed by atoms with E-state index in [9.17, 15) is 18.0 Å². The highest BCUT2D eigenvalue weighted by Gasteiger charge is 2.23. The molecule has 1 aromatic rings. The Labute approximate surface area is 129 Å². The van der Waals surface area contributed by atoms with Crippen molar-refractivity contribution in [1.82, 2.24) is 0 Å². The van der Waals surface area contributed by atoms with Crippen molar-refractivity contribution in [2.45, 2.75) is 32.1 Å². The van der Waals surface area contributed by atoms with Gasteiger partial charge in [-0.25, -0.2) is 0 Å². The van der Waals surface area contributed by atoms with Gasteiger partial charge in [0.2, 0.25) is 5.91 Å². The molecule has 0 aliphatic heterocycles. The summed E-state index contributed by atoms with van der Waals surface area (Å²) >= 11 is 0. The third-order valence-corrected chi connectivity index (χ3v) is 4.25. The number of benzene rings is 1. The zero-order valence-corrected chi connectivity index (χ0v) is 13.7. The molecular formula is C14H19NO6S. The topological polar surface area (TPSA) is 110 Å². The Morgan fingerprint density at radius 3 is 2.41 bits per heavy atom. The molecule has 0 radical (unpaired) electrons. The molecule has 22 heavy (non-hydrogen) atoms. The first kappa shape index (κ1) is 18.1. The lowest BCUT2D eigenvalue weighted by atomic mass is 10.0. The zero-order chi connectivity index (χ0) is 17.1. The van der Waals surface area contributed by atoms with Gasteiger partial charge in [0, 0.05) is 12.5 Å². The molecule has 1 atom stereocenters. The molecule has 2 N–H and O–H groups in total. The van der Waals surface area contributed by atoms with E-state index in [4.69, 9.17) is 9.29 Å². The van der Waals surface area contributed by atoms with Gasteiger partial charge in [-0.15, -0.1) is 0 Å². The predicted molar refractivity (Wildman–Crippen MR) is 80.6 cm³/mol. The maximum absolute atomic E-state index is 12.0. The van der Waals surface area contributed by atoms with Crippen molar-refractivity contribution in [3.63, 3.8) is 0 Å². The van der Waals surface area contributed by atoms with Crippen LogP contribution in [0.1, 0.15) is 25.8 Å². The zero-order valence-electron chi connectivity index (χ0n) is 12.8. The lowest BCUT2D eigenvalue weighted by Crippen LogP contribution is -2.27. The third kappa shape index (κ3) is 4.05. The van der Waals surface area contributed by atoms with Crippen LogP contribution in [-0.2, 0) is 19.7 Å². The van der Waals surface area contributed by atoms with Gasteiger partial charge in [-0.1, -0.05) is 6.92 Å². The van der Waals surface area contributed by atoms with Crippen molar-refractivity contribution < 1.29 is 27.3 Å². The van der Waals surface area contributed by atoms with Gasteiger partial charge in [-0.05, 0) is 25.5 Å². The molecule has 0 aliphatic carbocycles. The molecule has 0 spiro atoms. The fourth-order valence-corrected chi connectivity index (χ4v) is 2.63. The molecule has 0 saturated carbocycles. The number of ketones is 1. The number of ether oxygens (including phenoxy) is 1. The smallest absolute Gasteiger partial charge is 0.294 e. The lowest BCUT2D eigenvalue weighted by molar-refractivity contribution is -0.130. The van der Waals surface area contributed by atoms with Crippen LogP contribution in [0, 0.1) is 12.8 Å². The Balaban J connectivity index is 3.19. The van der Waals surface area contributed by atoms with E-state index in [1.807, 2.05) is 0 Å². The van der Waals surface area contributed by atoms with Gasteiger partial charge in [0.25, 0.3) is 10.1 Å². The molecule has 122 valence electrons. The largest absolute Gasteiger partial charge is 0.495 e. The summed E-state index contributed by atoms with van der Waals surface area (Å²) in [6.45, 7) is 4.63. The number of amides is 1. The number of nitrogens with one attached hydrogen (secondary N) is 1. The number of carbonyl (C=O) groups excluding carboxylic acids is 2. The quantitative estimate of drug-likeness (QED) is 0.608. The first-order chi connectivity index (χ1) is 10.1. The van der Waals surface area contributed by atoms with Crippen molar-refractivity contribution in [3.05, 3.63) is 17.7 Å². The SMILES string of the molecule is CCC(=O)C(C)C(=O)Nc1cc(C)c(S(=O)(=O)O)cc1OC. The van der Waals surface area contributed by atoms with E-state index in [1.165, 1.54) is 27.0 Å². The minimum atomic E-state index is -4.39. The van der Waals surface area contributed by atoms with Gasteiger partial charge in [0.15, 0.2) is 0 Å². The molecule has 0 bridgehead atoms. The molecule has 1 unspecified atom stereocenters. The molecule has 7 nitrogen and oxygen atoms in total. The number of aryl methyl sites for hydroxylation is 1. The Morgan fingerprint density at radius 1 is 1.36 bits per heavy atom. The molecule has 0 aliphatic rings. The molecule has 0 saturated heterocycles. The maximum atomic E-state index is 12.0. The van der Waals surface area contributed by atoms with Crippen molar-refractivity contribution in [2.24, 2.45) is 5.92 Å². The second kappa shape index (κ2) is 6.89. The van der Waals surface area contributed by atoms with Crippen molar-refractivity contribution in [3.8, 4) is 5.75 Å². The first-order valence-corrected chi connectivity index (χ1v) is 8.05. The summed E-state index contributed by atoms with van der Waals surface area (Å²) in [6.07, 6.45) is 0.243. The van der Waals surface area contributed by atoms with Gasteiger partial charge < -0.3 is 10.1 Å². The third-order valence-electron chi connectivity index (χ3n) is 3.26. The number of Topliss-reactive ketones (excluding diaryl/α,β-unsaturated/α-hetero) is 1. The van der Waals surface area contributed by atoms with Gasteiger partial charge in [-0.3, -0.25) is 14.1 Å². The summed E-state index contributed by atoms with van der Waals surface area (Å²) in [5, 5.41) is 2.53. The van der Waals surface area contributed by atoms with Crippen molar-refractivity contribution in [1.29, 1.82) is 0 Å². The number of rotatable bonds is 6. The highest BCUT2D eigenvalue weighted by molar-refractivity contribution is 7.85. The molecule has 0 fully saturated rings. The monoisotopic (exact) mass is 329 g/mol. The number of hydrogen-bond acceptors (Lipinski definition) is 5. The first-order valence-electron chi connectivity index (χ1n) is 6.61. The Hall–Kier alpha value is -1.93. The predicted octanol–water partition coefficient (Wildman–Crippen LogP) is 1.80. The Bertz CT molecular complexity index is 696. The average molecular weight is 329 g/mol. The Kier molecular flexibility index (Phi) is 5.67. The fraction of sp³-hybridized carbons (Fsp3) is 0.429. The second-order valence-corrected chi connectivity index (χ2v) is 6.21. The fourth-order valence-electron chi connectivity index (χ4n) is 1.91. The van der Waals surface area contributed by atoms with E-state index >= 15 is 0 Å². The Morgan fingerprint density at radius 2 is 1.95 bits per heavy atom. The lowest BCUT2D eigenvalue weighted by Gasteiger charge is -2.15.